The zero-order valence-corrected chi connectivity index (χ0v) is 18.4. The molecule has 0 atom stereocenters. The lowest BCUT2D eigenvalue weighted by molar-refractivity contribution is 0.0730. The van der Waals surface area contributed by atoms with E-state index in [0.717, 1.165) is 16.5 Å². The summed E-state index contributed by atoms with van der Waals surface area (Å²) >= 11 is 1.56. The molecule has 0 aliphatic carbocycles. The first kappa shape index (κ1) is 21.0. The third-order valence-electron chi connectivity index (χ3n) is 4.96. The Morgan fingerprint density at radius 2 is 1.73 bits per heavy atom. The molecule has 158 valence electrons. The highest BCUT2D eigenvalue weighted by molar-refractivity contribution is 7.98. The predicted molar refractivity (Wildman–Crippen MR) is 116 cm³/mol. The second-order valence-corrected chi connectivity index (χ2v) is 9.93. The van der Waals surface area contributed by atoms with E-state index in [2.05, 4.69) is 26.9 Å². The van der Waals surface area contributed by atoms with Crippen molar-refractivity contribution in [3.8, 4) is 0 Å². The highest BCUT2D eigenvalue weighted by atomic mass is 32.2. The van der Waals surface area contributed by atoms with Crippen molar-refractivity contribution < 1.29 is 13.2 Å². The van der Waals surface area contributed by atoms with Gasteiger partial charge in [-0.3, -0.25) is 0 Å². The summed E-state index contributed by atoms with van der Waals surface area (Å²) in [6.45, 7) is 4.30. The third-order valence-corrected chi connectivity index (χ3v) is 7.89. The summed E-state index contributed by atoms with van der Waals surface area (Å²) in [5, 5.41) is 9.35. The Balaban J connectivity index is 1.48. The van der Waals surface area contributed by atoms with Gasteiger partial charge in [-0.25, -0.2) is 8.42 Å². The van der Waals surface area contributed by atoms with Crippen molar-refractivity contribution in [1.82, 2.24) is 19.1 Å². The van der Waals surface area contributed by atoms with Gasteiger partial charge in [0, 0.05) is 18.8 Å². The van der Waals surface area contributed by atoms with E-state index in [1.54, 1.807) is 30.0 Å². The van der Waals surface area contributed by atoms with Crippen LogP contribution in [-0.2, 0) is 27.1 Å². The molecule has 0 radical (unpaired) electrons. The van der Waals surface area contributed by atoms with E-state index in [-0.39, 0.29) is 0 Å². The lowest BCUT2D eigenvalue weighted by Gasteiger charge is -2.26. The van der Waals surface area contributed by atoms with Gasteiger partial charge in [0.15, 0.2) is 5.16 Å². The molecule has 4 rings (SSSR count). The number of morpholine rings is 1. The molecular weight excluding hydrogens is 420 g/mol. The van der Waals surface area contributed by atoms with E-state index >= 15 is 0 Å². The molecule has 3 aromatic rings. The van der Waals surface area contributed by atoms with Gasteiger partial charge in [-0.05, 0) is 30.2 Å². The summed E-state index contributed by atoms with van der Waals surface area (Å²) in [4.78, 5) is 0.324. The van der Waals surface area contributed by atoms with Crippen LogP contribution >= 0.6 is 11.8 Å². The fourth-order valence-corrected chi connectivity index (χ4v) is 5.70. The number of nitrogens with zero attached hydrogens (tertiary/aromatic N) is 4. The average Bonchev–Trinajstić information content (AvgIpc) is 3.13. The van der Waals surface area contributed by atoms with Crippen LogP contribution in [0.1, 0.15) is 17.0 Å². The van der Waals surface area contributed by atoms with Crippen molar-refractivity contribution in [2.75, 3.05) is 26.3 Å². The van der Waals surface area contributed by atoms with Crippen LogP contribution in [0.3, 0.4) is 0 Å². The van der Waals surface area contributed by atoms with Crippen LogP contribution in [0, 0.1) is 6.92 Å². The van der Waals surface area contributed by atoms with Crippen LogP contribution in [0.2, 0.25) is 0 Å². The Morgan fingerprint density at radius 3 is 2.50 bits per heavy atom. The minimum absolute atomic E-state index is 0.324. The first-order valence-electron chi connectivity index (χ1n) is 9.77. The van der Waals surface area contributed by atoms with Crippen molar-refractivity contribution >= 4 is 21.8 Å². The van der Waals surface area contributed by atoms with Gasteiger partial charge in [-0.2, -0.15) is 4.31 Å². The van der Waals surface area contributed by atoms with Crippen LogP contribution in [0.15, 0.2) is 64.6 Å². The molecule has 9 heteroatoms. The standard InChI is InChI=1S/C21H24N4O3S2/c1-17-22-23-21(25(17)15-18-6-3-2-4-7-18)29-16-19-8-5-9-20(14-19)30(26,27)24-10-12-28-13-11-24/h2-9,14H,10-13,15-16H2,1H3. The van der Waals surface area contributed by atoms with E-state index in [1.165, 1.54) is 9.87 Å². The normalized spacial score (nSPS) is 15.4. The zero-order valence-electron chi connectivity index (χ0n) is 16.8. The average molecular weight is 445 g/mol. The molecule has 0 saturated carbocycles. The Hall–Kier alpha value is -2.20. The molecule has 1 saturated heterocycles. The largest absolute Gasteiger partial charge is 0.379 e. The SMILES string of the molecule is Cc1nnc(SCc2cccc(S(=O)(=O)N3CCOCC3)c2)n1Cc1ccccc1. The number of aromatic nitrogens is 3. The van der Waals surface area contributed by atoms with Gasteiger partial charge in [0.05, 0.1) is 24.7 Å². The van der Waals surface area contributed by atoms with E-state index in [4.69, 9.17) is 4.74 Å². The Labute approximate surface area is 181 Å². The summed E-state index contributed by atoms with van der Waals surface area (Å²) in [6.07, 6.45) is 0. The van der Waals surface area contributed by atoms with E-state index < -0.39 is 10.0 Å². The fourth-order valence-electron chi connectivity index (χ4n) is 3.30. The number of hydrogen-bond donors (Lipinski definition) is 0. The first-order valence-corrected chi connectivity index (χ1v) is 12.2. The maximum atomic E-state index is 12.9. The summed E-state index contributed by atoms with van der Waals surface area (Å²) in [5.74, 6) is 1.46. The van der Waals surface area contributed by atoms with Gasteiger partial charge in [-0.1, -0.05) is 54.2 Å². The van der Waals surface area contributed by atoms with Gasteiger partial charge in [-0.15, -0.1) is 10.2 Å². The fraction of sp³-hybridized carbons (Fsp3) is 0.333. The maximum Gasteiger partial charge on any atom is 0.243 e. The van der Waals surface area contributed by atoms with Crippen molar-refractivity contribution in [2.45, 2.75) is 29.3 Å². The maximum absolute atomic E-state index is 12.9. The molecule has 0 N–H and O–H groups in total. The Morgan fingerprint density at radius 1 is 1.00 bits per heavy atom. The lowest BCUT2D eigenvalue weighted by atomic mass is 10.2. The van der Waals surface area contributed by atoms with Crippen molar-refractivity contribution in [2.24, 2.45) is 0 Å². The second kappa shape index (κ2) is 9.30. The van der Waals surface area contributed by atoms with Gasteiger partial charge in [0.25, 0.3) is 0 Å². The van der Waals surface area contributed by atoms with Crippen LogP contribution in [0.25, 0.3) is 0 Å². The molecular formula is C21H24N4O3S2. The highest BCUT2D eigenvalue weighted by Crippen LogP contribution is 2.25. The Kier molecular flexibility index (Phi) is 6.52. The van der Waals surface area contributed by atoms with Crippen molar-refractivity contribution in [1.29, 1.82) is 0 Å². The number of hydrogen-bond acceptors (Lipinski definition) is 6. The molecule has 1 aliphatic rings. The minimum atomic E-state index is -3.50. The smallest absolute Gasteiger partial charge is 0.243 e. The number of sulfonamides is 1. The van der Waals surface area contributed by atoms with E-state index in [9.17, 15) is 8.42 Å². The molecule has 30 heavy (non-hydrogen) atoms. The number of ether oxygens (including phenoxy) is 1. The van der Waals surface area contributed by atoms with Crippen molar-refractivity contribution in [3.05, 3.63) is 71.5 Å². The number of benzene rings is 2. The zero-order chi connectivity index (χ0) is 21.0. The summed E-state index contributed by atoms with van der Waals surface area (Å²) < 4.78 is 34.7. The van der Waals surface area contributed by atoms with E-state index in [1.807, 2.05) is 31.2 Å². The van der Waals surface area contributed by atoms with Gasteiger partial charge in [0.1, 0.15) is 5.82 Å². The summed E-state index contributed by atoms with van der Waals surface area (Å²) in [5.41, 5.74) is 2.11. The number of thioether (sulfide) groups is 1. The molecule has 0 spiro atoms. The molecule has 0 unspecified atom stereocenters. The molecule has 1 fully saturated rings. The van der Waals surface area contributed by atoms with Crippen LogP contribution < -0.4 is 0 Å². The molecule has 0 amide bonds. The molecule has 1 aromatic heterocycles. The second-order valence-electron chi connectivity index (χ2n) is 7.05. The predicted octanol–water partition coefficient (Wildman–Crippen LogP) is 2.95. The minimum Gasteiger partial charge on any atom is -0.379 e. The first-order chi connectivity index (χ1) is 14.5. The van der Waals surface area contributed by atoms with Gasteiger partial charge < -0.3 is 9.30 Å². The van der Waals surface area contributed by atoms with E-state index in [0.29, 0.717) is 43.5 Å². The topological polar surface area (TPSA) is 77.3 Å². The third kappa shape index (κ3) is 4.75. The quantitative estimate of drug-likeness (QED) is 0.522. The number of rotatable bonds is 7. The molecule has 0 bridgehead atoms. The molecule has 7 nitrogen and oxygen atoms in total. The van der Waals surface area contributed by atoms with Crippen molar-refractivity contribution in [3.63, 3.8) is 0 Å². The van der Waals surface area contributed by atoms with Crippen LogP contribution in [-0.4, -0.2) is 53.8 Å². The summed E-state index contributed by atoms with van der Waals surface area (Å²) in [7, 11) is -3.50. The number of aryl methyl sites for hydroxylation is 1. The van der Waals surface area contributed by atoms with Crippen LogP contribution in [0.5, 0.6) is 0 Å². The lowest BCUT2D eigenvalue weighted by Crippen LogP contribution is -2.40. The van der Waals surface area contributed by atoms with Crippen LogP contribution in [0.4, 0.5) is 0 Å². The molecule has 2 heterocycles. The Bertz CT molecular complexity index is 1090. The van der Waals surface area contributed by atoms with Gasteiger partial charge >= 0.3 is 0 Å². The highest BCUT2D eigenvalue weighted by Gasteiger charge is 2.26. The summed E-state index contributed by atoms with van der Waals surface area (Å²) in [6, 6.07) is 17.3. The monoisotopic (exact) mass is 444 g/mol. The molecule has 1 aliphatic heterocycles. The molecule has 2 aromatic carbocycles. The van der Waals surface area contributed by atoms with Gasteiger partial charge in [0.2, 0.25) is 10.0 Å².